The molecule has 21 heavy (non-hydrogen) atoms. The SMILES string of the molecule is CC(C)N(CCNS(=O)(=O)c1cc(CN)sc1Br)C(C)C. The Balaban J connectivity index is 2.71. The van der Waals surface area contributed by atoms with Crippen LogP contribution in [0, 0.1) is 0 Å². The Labute approximate surface area is 140 Å². The van der Waals surface area contributed by atoms with E-state index in [9.17, 15) is 8.42 Å². The molecule has 0 aliphatic heterocycles. The summed E-state index contributed by atoms with van der Waals surface area (Å²) in [5, 5.41) is 0. The molecule has 0 fully saturated rings. The zero-order valence-electron chi connectivity index (χ0n) is 12.9. The molecule has 0 radical (unpaired) electrons. The van der Waals surface area contributed by atoms with Gasteiger partial charge in [-0.05, 0) is 49.7 Å². The highest BCUT2D eigenvalue weighted by Crippen LogP contribution is 2.31. The quantitative estimate of drug-likeness (QED) is 0.705. The van der Waals surface area contributed by atoms with Crippen LogP contribution in [0.1, 0.15) is 32.6 Å². The number of halogens is 1. The Morgan fingerprint density at radius 1 is 1.33 bits per heavy atom. The van der Waals surface area contributed by atoms with Crippen molar-refractivity contribution in [2.24, 2.45) is 5.73 Å². The van der Waals surface area contributed by atoms with E-state index in [2.05, 4.69) is 53.2 Å². The third-order valence-corrected chi connectivity index (χ3v) is 6.92. The van der Waals surface area contributed by atoms with Gasteiger partial charge in [0.05, 0.1) is 3.79 Å². The highest BCUT2D eigenvalue weighted by atomic mass is 79.9. The standard InChI is InChI=1S/C13H24BrN3O2S2/c1-9(2)17(10(3)4)6-5-16-21(18,19)12-7-11(8-15)20-13(12)14/h7,9-10,16H,5-6,8,15H2,1-4H3. The van der Waals surface area contributed by atoms with E-state index in [1.165, 1.54) is 11.3 Å². The smallest absolute Gasteiger partial charge is 0.242 e. The summed E-state index contributed by atoms with van der Waals surface area (Å²) in [6.07, 6.45) is 0. The summed E-state index contributed by atoms with van der Waals surface area (Å²) < 4.78 is 27.9. The molecule has 3 N–H and O–H groups in total. The molecular formula is C13H24BrN3O2S2. The second-order valence-corrected chi connectivity index (χ2v) is 9.57. The summed E-state index contributed by atoms with van der Waals surface area (Å²) in [5.41, 5.74) is 5.55. The lowest BCUT2D eigenvalue weighted by molar-refractivity contribution is 0.179. The van der Waals surface area contributed by atoms with E-state index in [1.54, 1.807) is 6.07 Å². The second kappa shape index (κ2) is 8.03. The molecule has 0 atom stereocenters. The van der Waals surface area contributed by atoms with Crippen molar-refractivity contribution in [3.05, 3.63) is 14.7 Å². The first kappa shape index (κ1) is 19.1. The molecule has 0 spiro atoms. The first-order valence-electron chi connectivity index (χ1n) is 6.92. The summed E-state index contributed by atoms with van der Waals surface area (Å²) in [6, 6.07) is 2.39. The largest absolute Gasteiger partial charge is 0.326 e. The molecule has 0 aromatic carbocycles. The van der Waals surface area contributed by atoms with E-state index >= 15 is 0 Å². The molecule has 0 saturated carbocycles. The van der Waals surface area contributed by atoms with Gasteiger partial charge in [0.1, 0.15) is 4.90 Å². The van der Waals surface area contributed by atoms with Gasteiger partial charge in [-0.1, -0.05) is 0 Å². The first-order chi connectivity index (χ1) is 9.69. The Kier molecular flexibility index (Phi) is 7.29. The molecule has 122 valence electrons. The monoisotopic (exact) mass is 397 g/mol. The van der Waals surface area contributed by atoms with Crippen molar-refractivity contribution in [1.29, 1.82) is 0 Å². The number of nitrogens with one attached hydrogen (secondary N) is 1. The first-order valence-corrected chi connectivity index (χ1v) is 10.0. The number of nitrogens with zero attached hydrogens (tertiary/aromatic N) is 1. The summed E-state index contributed by atoms with van der Waals surface area (Å²) in [5.74, 6) is 0. The molecule has 0 amide bonds. The lowest BCUT2D eigenvalue weighted by Crippen LogP contribution is -2.42. The van der Waals surface area contributed by atoms with Gasteiger partial charge in [0.2, 0.25) is 10.0 Å². The average Bonchev–Trinajstić information content (AvgIpc) is 2.75. The summed E-state index contributed by atoms with van der Waals surface area (Å²) in [7, 11) is -3.50. The fraction of sp³-hybridized carbons (Fsp3) is 0.692. The van der Waals surface area contributed by atoms with Gasteiger partial charge in [-0.15, -0.1) is 11.3 Å². The molecule has 1 rings (SSSR count). The Morgan fingerprint density at radius 3 is 2.33 bits per heavy atom. The van der Waals surface area contributed by atoms with E-state index in [4.69, 9.17) is 5.73 Å². The fourth-order valence-electron chi connectivity index (χ4n) is 2.18. The van der Waals surface area contributed by atoms with Crippen molar-refractivity contribution in [3.8, 4) is 0 Å². The number of rotatable bonds is 8. The van der Waals surface area contributed by atoms with Gasteiger partial charge in [-0.2, -0.15) is 0 Å². The Morgan fingerprint density at radius 2 is 1.90 bits per heavy atom. The van der Waals surface area contributed by atoms with Crippen LogP contribution in [0.25, 0.3) is 0 Å². The molecule has 1 aromatic heterocycles. The van der Waals surface area contributed by atoms with Crippen LogP contribution in [-0.4, -0.2) is 38.5 Å². The minimum atomic E-state index is -3.50. The maximum atomic E-state index is 12.3. The van der Waals surface area contributed by atoms with E-state index in [0.29, 0.717) is 35.5 Å². The average molecular weight is 398 g/mol. The predicted octanol–water partition coefficient (Wildman–Crippen LogP) is 2.37. The van der Waals surface area contributed by atoms with Gasteiger partial charge in [-0.25, -0.2) is 13.1 Å². The van der Waals surface area contributed by atoms with Gasteiger partial charge < -0.3 is 5.73 Å². The maximum absolute atomic E-state index is 12.3. The minimum absolute atomic E-state index is 0.272. The van der Waals surface area contributed by atoms with Gasteiger partial charge in [0, 0.05) is 36.6 Å². The molecule has 0 bridgehead atoms. The van der Waals surface area contributed by atoms with Gasteiger partial charge in [-0.3, -0.25) is 4.90 Å². The number of nitrogens with two attached hydrogens (primary N) is 1. The lowest BCUT2D eigenvalue weighted by atomic mass is 10.2. The fourth-order valence-corrected chi connectivity index (χ4v) is 5.76. The highest BCUT2D eigenvalue weighted by molar-refractivity contribution is 9.11. The number of thiophene rings is 1. The van der Waals surface area contributed by atoms with Crippen molar-refractivity contribution in [2.45, 2.75) is 51.2 Å². The number of sulfonamides is 1. The maximum Gasteiger partial charge on any atom is 0.242 e. The molecule has 0 saturated heterocycles. The molecule has 0 aliphatic rings. The van der Waals surface area contributed by atoms with E-state index < -0.39 is 10.0 Å². The summed E-state index contributed by atoms with van der Waals surface area (Å²) in [4.78, 5) is 3.36. The number of hydrogen-bond donors (Lipinski definition) is 2. The van der Waals surface area contributed by atoms with Gasteiger partial charge in [0.15, 0.2) is 0 Å². The number of hydrogen-bond acceptors (Lipinski definition) is 5. The molecule has 0 aliphatic carbocycles. The van der Waals surface area contributed by atoms with Crippen LogP contribution >= 0.6 is 27.3 Å². The molecule has 5 nitrogen and oxygen atoms in total. The molecule has 1 heterocycles. The predicted molar refractivity (Wildman–Crippen MR) is 92.1 cm³/mol. The zero-order chi connectivity index (χ0) is 16.2. The van der Waals surface area contributed by atoms with Crippen molar-refractivity contribution in [1.82, 2.24) is 9.62 Å². The zero-order valence-corrected chi connectivity index (χ0v) is 16.1. The van der Waals surface area contributed by atoms with Crippen LogP contribution in [0.4, 0.5) is 0 Å². The molecular weight excluding hydrogens is 374 g/mol. The topological polar surface area (TPSA) is 75.4 Å². The Bertz CT molecular complexity index is 548. The van der Waals surface area contributed by atoms with E-state index in [0.717, 1.165) is 4.88 Å². The van der Waals surface area contributed by atoms with Gasteiger partial charge in [0.25, 0.3) is 0 Å². The van der Waals surface area contributed by atoms with Crippen molar-refractivity contribution < 1.29 is 8.42 Å². The Hall–Kier alpha value is 0.01000. The minimum Gasteiger partial charge on any atom is -0.326 e. The summed E-state index contributed by atoms with van der Waals surface area (Å²) in [6.45, 7) is 9.84. The second-order valence-electron chi connectivity index (χ2n) is 5.38. The molecule has 8 heteroatoms. The lowest BCUT2D eigenvalue weighted by Gasteiger charge is -2.30. The van der Waals surface area contributed by atoms with Crippen LogP contribution in [-0.2, 0) is 16.6 Å². The van der Waals surface area contributed by atoms with E-state index in [-0.39, 0.29) is 4.90 Å². The van der Waals surface area contributed by atoms with Crippen molar-refractivity contribution in [3.63, 3.8) is 0 Å². The van der Waals surface area contributed by atoms with Crippen LogP contribution in [0.3, 0.4) is 0 Å². The van der Waals surface area contributed by atoms with Crippen molar-refractivity contribution in [2.75, 3.05) is 13.1 Å². The third-order valence-electron chi connectivity index (χ3n) is 3.19. The van der Waals surface area contributed by atoms with Crippen LogP contribution < -0.4 is 10.5 Å². The van der Waals surface area contributed by atoms with E-state index in [1.807, 2.05) is 0 Å². The van der Waals surface area contributed by atoms with Crippen LogP contribution in [0.15, 0.2) is 14.7 Å². The molecule has 0 unspecified atom stereocenters. The summed E-state index contributed by atoms with van der Waals surface area (Å²) >= 11 is 4.65. The third kappa shape index (κ3) is 5.30. The molecule has 1 aromatic rings. The van der Waals surface area contributed by atoms with Gasteiger partial charge >= 0.3 is 0 Å². The van der Waals surface area contributed by atoms with Crippen LogP contribution in [0.2, 0.25) is 0 Å². The normalized spacial score (nSPS) is 12.8. The van der Waals surface area contributed by atoms with Crippen LogP contribution in [0.5, 0.6) is 0 Å². The highest BCUT2D eigenvalue weighted by Gasteiger charge is 2.21. The van der Waals surface area contributed by atoms with Crippen molar-refractivity contribution >= 4 is 37.3 Å².